The van der Waals surface area contributed by atoms with Gasteiger partial charge < -0.3 is 9.32 Å². The van der Waals surface area contributed by atoms with Crippen molar-refractivity contribution in [3.8, 4) is 33.7 Å². The van der Waals surface area contributed by atoms with Crippen LogP contribution in [0.5, 0.6) is 0 Å². The summed E-state index contributed by atoms with van der Waals surface area (Å²) in [5.41, 5.74) is 10.4. The van der Waals surface area contributed by atoms with Crippen molar-refractivity contribution in [2.75, 3.05) is 4.90 Å². The average Bonchev–Trinajstić information content (AvgIpc) is 3.61. The van der Waals surface area contributed by atoms with E-state index in [0.717, 1.165) is 44.9 Å². The number of benzene rings is 8. The lowest BCUT2D eigenvalue weighted by atomic mass is 10.00. The van der Waals surface area contributed by atoms with E-state index in [4.69, 9.17) is 9.40 Å². The van der Waals surface area contributed by atoms with Gasteiger partial charge in [-0.05, 0) is 87.4 Å². The minimum atomic E-state index is 0.629. The first kappa shape index (κ1) is 27.8. The van der Waals surface area contributed by atoms with Crippen LogP contribution in [0.15, 0.2) is 186 Å². The number of para-hydroxylation sites is 1. The Bertz CT molecular complexity index is 2540. The topological polar surface area (TPSA) is 29.3 Å². The van der Waals surface area contributed by atoms with Crippen LogP contribution in [0.4, 0.5) is 17.1 Å². The SMILES string of the molecule is c1ccc(-c2nc3c(-c4ccc(N(c5ccc(-c6ccc7ccccc7c6)cc5)c5cccc6ccccc56)cc4)cccc3o2)cc1. The summed E-state index contributed by atoms with van der Waals surface area (Å²) in [5, 5.41) is 4.90. The number of fused-ring (bicyclic) bond motifs is 3. The van der Waals surface area contributed by atoms with Gasteiger partial charge in [-0.25, -0.2) is 4.98 Å². The molecular formula is C45H30N2O. The van der Waals surface area contributed by atoms with Crippen molar-refractivity contribution in [3.05, 3.63) is 182 Å². The van der Waals surface area contributed by atoms with E-state index in [1.165, 1.54) is 32.7 Å². The summed E-state index contributed by atoms with van der Waals surface area (Å²) in [6.45, 7) is 0. The monoisotopic (exact) mass is 614 g/mol. The van der Waals surface area contributed by atoms with E-state index in [1.54, 1.807) is 0 Å². The lowest BCUT2D eigenvalue weighted by Gasteiger charge is -2.27. The number of hydrogen-bond donors (Lipinski definition) is 0. The molecule has 48 heavy (non-hydrogen) atoms. The second kappa shape index (κ2) is 11.7. The molecule has 0 atom stereocenters. The summed E-state index contributed by atoms with van der Waals surface area (Å²) in [7, 11) is 0. The molecule has 3 nitrogen and oxygen atoms in total. The van der Waals surface area contributed by atoms with Crippen LogP contribution in [0.25, 0.3) is 66.4 Å². The van der Waals surface area contributed by atoms with E-state index in [2.05, 4.69) is 144 Å². The molecule has 1 aromatic heterocycles. The molecule has 9 aromatic rings. The third kappa shape index (κ3) is 4.99. The second-order valence-corrected chi connectivity index (χ2v) is 12.0. The van der Waals surface area contributed by atoms with Crippen LogP contribution in [-0.4, -0.2) is 4.98 Å². The largest absolute Gasteiger partial charge is 0.436 e. The van der Waals surface area contributed by atoms with Gasteiger partial charge in [-0.1, -0.05) is 127 Å². The molecule has 0 aliphatic carbocycles. The highest BCUT2D eigenvalue weighted by molar-refractivity contribution is 5.99. The molecule has 0 aliphatic rings. The third-order valence-electron chi connectivity index (χ3n) is 9.09. The van der Waals surface area contributed by atoms with E-state index in [-0.39, 0.29) is 0 Å². The van der Waals surface area contributed by atoms with Gasteiger partial charge in [0, 0.05) is 27.9 Å². The fraction of sp³-hybridized carbons (Fsp3) is 0. The second-order valence-electron chi connectivity index (χ2n) is 12.0. The molecule has 9 rings (SSSR count). The molecule has 0 aliphatic heterocycles. The van der Waals surface area contributed by atoms with Crippen LogP contribution in [-0.2, 0) is 0 Å². The molecule has 0 fully saturated rings. The number of anilines is 3. The van der Waals surface area contributed by atoms with Crippen molar-refractivity contribution >= 4 is 49.7 Å². The number of rotatable bonds is 6. The molecule has 8 aromatic carbocycles. The number of hydrogen-bond acceptors (Lipinski definition) is 3. The number of oxazole rings is 1. The zero-order chi connectivity index (χ0) is 31.9. The fourth-order valence-corrected chi connectivity index (χ4v) is 6.68. The highest BCUT2D eigenvalue weighted by Gasteiger charge is 2.17. The molecule has 0 N–H and O–H groups in total. The molecule has 0 bridgehead atoms. The van der Waals surface area contributed by atoms with Gasteiger partial charge in [0.05, 0.1) is 5.69 Å². The fourth-order valence-electron chi connectivity index (χ4n) is 6.68. The van der Waals surface area contributed by atoms with Crippen LogP contribution in [0.2, 0.25) is 0 Å². The van der Waals surface area contributed by atoms with E-state index in [0.29, 0.717) is 5.89 Å². The van der Waals surface area contributed by atoms with Crippen molar-refractivity contribution in [3.63, 3.8) is 0 Å². The molecule has 0 spiro atoms. The first-order valence-electron chi connectivity index (χ1n) is 16.2. The number of nitrogens with zero attached hydrogens (tertiary/aromatic N) is 2. The van der Waals surface area contributed by atoms with Gasteiger partial charge in [0.15, 0.2) is 5.58 Å². The van der Waals surface area contributed by atoms with Gasteiger partial charge >= 0.3 is 0 Å². The molecule has 0 amide bonds. The minimum Gasteiger partial charge on any atom is -0.436 e. The third-order valence-corrected chi connectivity index (χ3v) is 9.09. The van der Waals surface area contributed by atoms with E-state index < -0.39 is 0 Å². The Hall–Kier alpha value is -6.45. The Morgan fingerprint density at radius 2 is 1.04 bits per heavy atom. The summed E-state index contributed by atoms with van der Waals surface area (Å²) < 4.78 is 6.18. The summed E-state index contributed by atoms with van der Waals surface area (Å²) in [4.78, 5) is 7.27. The molecule has 0 saturated heterocycles. The Kier molecular flexibility index (Phi) is 6.80. The van der Waals surface area contributed by atoms with Gasteiger partial charge in [-0.3, -0.25) is 0 Å². The molecular weight excluding hydrogens is 585 g/mol. The van der Waals surface area contributed by atoms with E-state index in [1.807, 2.05) is 42.5 Å². The summed E-state index contributed by atoms with van der Waals surface area (Å²) in [6, 6.07) is 64.1. The summed E-state index contributed by atoms with van der Waals surface area (Å²) in [6.07, 6.45) is 0. The molecule has 0 radical (unpaired) electrons. The molecule has 0 unspecified atom stereocenters. The van der Waals surface area contributed by atoms with Crippen molar-refractivity contribution in [1.82, 2.24) is 4.98 Å². The Morgan fingerprint density at radius 1 is 0.417 bits per heavy atom. The minimum absolute atomic E-state index is 0.629. The zero-order valence-electron chi connectivity index (χ0n) is 26.1. The quantitative estimate of drug-likeness (QED) is 0.187. The lowest BCUT2D eigenvalue weighted by molar-refractivity contribution is 0.620. The normalized spacial score (nSPS) is 11.3. The zero-order valence-corrected chi connectivity index (χ0v) is 26.1. The predicted molar refractivity (Wildman–Crippen MR) is 200 cm³/mol. The van der Waals surface area contributed by atoms with Crippen LogP contribution >= 0.6 is 0 Å². The lowest BCUT2D eigenvalue weighted by Crippen LogP contribution is -2.10. The predicted octanol–water partition coefficient (Wildman–Crippen LogP) is 12.6. The highest BCUT2D eigenvalue weighted by Crippen LogP contribution is 2.41. The standard InChI is InChI=1S/C45H30N2O/c1-2-12-35(13-3-1)45-46-44-41(17-9-19-43(44)48-45)34-24-28-39(29-25-34)47(42-18-8-15-33-11-6-7-16-40(33)42)38-26-22-32(23-27-38)37-21-20-31-10-4-5-14-36(31)30-37/h1-30H. The van der Waals surface area contributed by atoms with Gasteiger partial charge in [-0.2, -0.15) is 0 Å². The van der Waals surface area contributed by atoms with Crippen molar-refractivity contribution in [2.24, 2.45) is 0 Å². The van der Waals surface area contributed by atoms with Crippen molar-refractivity contribution < 1.29 is 4.42 Å². The van der Waals surface area contributed by atoms with Crippen molar-refractivity contribution in [1.29, 1.82) is 0 Å². The van der Waals surface area contributed by atoms with Crippen molar-refractivity contribution in [2.45, 2.75) is 0 Å². The molecule has 3 heteroatoms. The highest BCUT2D eigenvalue weighted by atomic mass is 16.3. The summed E-state index contributed by atoms with van der Waals surface area (Å²) in [5.74, 6) is 0.629. The first-order chi connectivity index (χ1) is 23.8. The Morgan fingerprint density at radius 3 is 1.83 bits per heavy atom. The van der Waals surface area contributed by atoms with Gasteiger partial charge in [0.25, 0.3) is 0 Å². The van der Waals surface area contributed by atoms with Gasteiger partial charge in [-0.15, -0.1) is 0 Å². The molecule has 0 saturated carbocycles. The molecule has 226 valence electrons. The smallest absolute Gasteiger partial charge is 0.227 e. The van der Waals surface area contributed by atoms with E-state index in [9.17, 15) is 0 Å². The van der Waals surface area contributed by atoms with Gasteiger partial charge in [0.2, 0.25) is 5.89 Å². The molecule has 1 heterocycles. The first-order valence-corrected chi connectivity index (χ1v) is 16.2. The van der Waals surface area contributed by atoms with E-state index >= 15 is 0 Å². The van der Waals surface area contributed by atoms with Crippen LogP contribution in [0.3, 0.4) is 0 Å². The number of aromatic nitrogens is 1. The average molecular weight is 615 g/mol. The van der Waals surface area contributed by atoms with Crippen LogP contribution < -0.4 is 4.90 Å². The van der Waals surface area contributed by atoms with Crippen LogP contribution in [0, 0.1) is 0 Å². The maximum absolute atomic E-state index is 6.18. The van der Waals surface area contributed by atoms with Crippen LogP contribution in [0.1, 0.15) is 0 Å². The maximum atomic E-state index is 6.18. The maximum Gasteiger partial charge on any atom is 0.227 e. The summed E-state index contributed by atoms with van der Waals surface area (Å²) >= 11 is 0. The Balaban J connectivity index is 1.12. The Labute approximate surface area is 279 Å². The van der Waals surface area contributed by atoms with Gasteiger partial charge in [0.1, 0.15) is 5.52 Å².